The molecular weight excluding hydrogens is 340 g/mol. The van der Waals surface area contributed by atoms with E-state index in [-0.39, 0.29) is 6.23 Å². The molecule has 1 fully saturated rings. The molecule has 116 valence electrons. The Labute approximate surface area is 139 Å². The summed E-state index contributed by atoms with van der Waals surface area (Å²) in [7, 11) is 0. The second-order valence-electron chi connectivity index (χ2n) is 6.19. The van der Waals surface area contributed by atoms with Crippen LogP contribution in [0.3, 0.4) is 0 Å². The van der Waals surface area contributed by atoms with E-state index in [1.165, 1.54) is 44.9 Å². The van der Waals surface area contributed by atoms with Crippen molar-refractivity contribution in [3.63, 3.8) is 0 Å². The predicted octanol–water partition coefficient (Wildman–Crippen LogP) is 5.24. The minimum absolute atomic E-state index is 0.0981. The van der Waals surface area contributed by atoms with E-state index < -0.39 is 0 Å². The van der Waals surface area contributed by atoms with Crippen LogP contribution in [0.1, 0.15) is 56.4 Å². The molecule has 0 radical (unpaired) electrons. The third-order valence-electron chi connectivity index (χ3n) is 4.86. The SMILES string of the molecule is CCC1=CCCc2cc3c(cnn3C3CCCCO3)c(Br)c21. The molecule has 1 atom stereocenters. The van der Waals surface area contributed by atoms with Gasteiger partial charge in [0.15, 0.2) is 6.23 Å². The highest BCUT2D eigenvalue weighted by Crippen LogP contribution is 2.40. The zero-order valence-corrected chi connectivity index (χ0v) is 14.5. The normalized spacial score (nSPS) is 21.7. The van der Waals surface area contributed by atoms with Crippen molar-refractivity contribution in [3.8, 4) is 0 Å². The van der Waals surface area contributed by atoms with E-state index in [0.29, 0.717) is 0 Å². The highest BCUT2D eigenvalue weighted by Gasteiger charge is 2.23. The summed E-state index contributed by atoms with van der Waals surface area (Å²) < 4.78 is 9.22. The molecule has 1 aromatic carbocycles. The van der Waals surface area contributed by atoms with E-state index in [9.17, 15) is 0 Å². The number of ether oxygens (including phenoxy) is 1. The van der Waals surface area contributed by atoms with Crippen molar-refractivity contribution in [1.29, 1.82) is 0 Å². The van der Waals surface area contributed by atoms with Gasteiger partial charge in [0, 0.05) is 16.5 Å². The van der Waals surface area contributed by atoms with Gasteiger partial charge in [-0.25, -0.2) is 4.68 Å². The predicted molar refractivity (Wildman–Crippen MR) is 92.9 cm³/mol. The van der Waals surface area contributed by atoms with Crippen LogP contribution in [0, 0.1) is 0 Å². The topological polar surface area (TPSA) is 27.1 Å². The number of aryl methyl sites for hydroxylation is 1. The Bertz CT molecular complexity index is 741. The summed E-state index contributed by atoms with van der Waals surface area (Å²) >= 11 is 3.85. The molecule has 1 aromatic heterocycles. The molecule has 2 heterocycles. The number of allylic oxidation sites excluding steroid dienone is 2. The van der Waals surface area contributed by atoms with Crippen molar-refractivity contribution < 1.29 is 4.74 Å². The standard InChI is InChI=1S/C18H21BrN2O/c1-2-12-6-5-7-13-10-15-14(18(19)17(12)13)11-20-21(15)16-8-3-4-9-22-16/h6,10-11,16H,2-5,7-9H2,1H3. The second kappa shape index (κ2) is 5.82. The lowest BCUT2D eigenvalue weighted by Crippen LogP contribution is -2.19. The van der Waals surface area contributed by atoms with Crippen LogP contribution in [0.2, 0.25) is 0 Å². The quantitative estimate of drug-likeness (QED) is 0.732. The molecule has 0 bridgehead atoms. The minimum Gasteiger partial charge on any atom is -0.356 e. The smallest absolute Gasteiger partial charge is 0.150 e. The highest BCUT2D eigenvalue weighted by molar-refractivity contribution is 9.10. The molecule has 3 nitrogen and oxygen atoms in total. The Morgan fingerprint density at radius 2 is 2.32 bits per heavy atom. The average Bonchev–Trinajstić information content (AvgIpc) is 2.99. The molecule has 4 rings (SSSR count). The monoisotopic (exact) mass is 360 g/mol. The molecule has 1 aliphatic carbocycles. The van der Waals surface area contributed by atoms with Gasteiger partial charge in [-0.1, -0.05) is 13.0 Å². The number of rotatable bonds is 2. The molecule has 0 saturated carbocycles. The average molecular weight is 361 g/mol. The molecule has 22 heavy (non-hydrogen) atoms. The van der Waals surface area contributed by atoms with Gasteiger partial charge >= 0.3 is 0 Å². The van der Waals surface area contributed by atoms with Gasteiger partial charge in [-0.05, 0) is 77.2 Å². The summed E-state index contributed by atoms with van der Waals surface area (Å²) in [6.45, 7) is 3.08. The molecule has 0 amide bonds. The third-order valence-corrected chi connectivity index (χ3v) is 5.68. The van der Waals surface area contributed by atoms with Crippen molar-refractivity contribution in [2.24, 2.45) is 0 Å². The van der Waals surface area contributed by atoms with Crippen molar-refractivity contribution in [1.82, 2.24) is 9.78 Å². The van der Waals surface area contributed by atoms with E-state index in [1.54, 1.807) is 0 Å². The fourth-order valence-corrected chi connectivity index (χ4v) is 4.53. The summed E-state index contributed by atoms with van der Waals surface area (Å²) in [5, 5.41) is 5.85. The zero-order chi connectivity index (χ0) is 15.1. The summed E-state index contributed by atoms with van der Waals surface area (Å²) in [4.78, 5) is 0. The molecule has 0 spiro atoms. The fourth-order valence-electron chi connectivity index (χ4n) is 3.71. The van der Waals surface area contributed by atoms with Gasteiger partial charge in [0.05, 0.1) is 11.7 Å². The summed E-state index contributed by atoms with van der Waals surface area (Å²) in [5.74, 6) is 0. The van der Waals surface area contributed by atoms with Gasteiger partial charge in [-0.3, -0.25) is 0 Å². The first kappa shape index (κ1) is 14.5. The number of fused-ring (bicyclic) bond motifs is 2. The highest BCUT2D eigenvalue weighted by atomic mass is 79.9. The van der Waals surface area contributed by atoms with Crippen LogP contribution in [0.4, 0.5) is 0 Å². The first-order valence-corrected chi connectivity index (χ1v) is 9.08. The summed E-state index contributed by atoms with van der Waals surface area (Å²) in [6.07, 6.45) is 11.3. The van der Waals surface area contributed by atoms with Gasteiger partial charge in [0.25, 0.3) is 0 Å². The molecular formula is C18H21BrN2O. The van der Waals surface area contributed by atoms with Crippen molar-refractivity contribution in [3.05, 3.63) is 33.9 Å². The Hall–Kier alpha value is -1.13. The Morgan fingerprint density at radius 3 is 3.09 bits per heavy atom. The van der Waals surface area contributed by atoms with E-state index in [4.69, 9.17) is 4.74 Å². The van der Waals surface area contributed by atoms with Crippen LogP contribution < -0.4 is 0 Å². The third kappa shape index (κ3) is 2.24. The lowest BCUT2D eigenvalue weighted by Gasteiger charge is -2.24. The van der Waals surface area contributed by atoms with Crippen molar-refractivity contribution >= 4 is 32.4 Å². The number of nitrogens with zero attached hydrogens (tertiary/aromatic N) is 2. The number of hydrogen-bond acceptors (Lipinski definition) is 2. The zero-order valence-electron chi connectivity index (χ0n) is 12.9. The van der Waals surface area contributed by atoms with Crippen molar-refractivity contribution in [2.75, 3.05) is 6.61 Å². The van der Waals surface area contributed by atoms with Crippen LogP contribution >= 0.6 is 15.9 Å². The van der Waals surface area contributed by atoms with Gasteiger partial charge in [0.2, 0.25) is 0 Å². The molecule has 1 unspecified atom stereocenters. The molecule has 2 aromatic rings. The molecule has 4 heteroatoms. The Balaban J connectivity index is 1.87. The van der Waals surface area contributed by atoms with Crippen LogP contribution in [0.25, 0.3) is 16.5 Å². The first-order valence-electron chi connectivity index (χ1n) is 8.29. The van der Waals surface area contributed by atoms with Gasteiger partial charge in [0.1, 0.15) is 0 Å². The van der Waals surface area contributed by atoms with E-state index in [2.05, 4.69) is 44.8 Å². The second-order valence-corrected chi connectivity index (χ2v) is 6.98. The van der Waals surface area contributed by atoms with Crippen LogP contribution in [0.5, 0.6) is 0 Å². The van der Waals surface area contributed by atoms with Crippen LogP contribution in [-0.4, -0.2) is 16.4 Å². The molecule has 1 aliphatic heterocycles. The minimum atomic E-state index is 0.0981. The van der Waals surface area contributed by atoms with E-state index >= 15 is 0 Å². The van der Waals surface area contributed by atoms with Crippen molar-refractivity contribution in [2.45, 2.75) is 51.7 Å². The van der Waals surface area contributed by atoms with Crippen LogP contribution in [-0.2, 0) is 11.2 Å². The maximum absolute atomic E-state index is 5.93. The lowest BCUT2D eigenvalue weighted by molar-refractivity contribution is -0.0366. The number of benzene rings is 1. The number of halogens is 1. The molecule has 2 aliphatic rings. The fraction of sp³-hybridized carbons (Fsp3) is 0.500. The number of hydrogen-bond donors (Lipinski definition) is 0. The summed E-state index contributed by atoms with van der Waals surface area (Å²) in [6, 6.07) is 2.34. The van der Waals surface area contributed by atoms with E-state index in [0.717, 1.165) is 32.3 Å². The first-order chi connectivity index (χ1) is 10.8. The largest absolute Gasteiger partial charge is 0.356 e. The molecule has 0 N–H and O–H groups in total. The Morgan fingerprint density at radius 1 is 1.41 bits per heavy atom. The lowest BCUT2D eigenvalue weighted by atomic mass is 9.88. The van der Waals surface area contributed by atoms with Crippen LogP contribution in [0.15, 0.2) is 22.8 Å². The summed E-state index contributed by atoms with van der Waals surface area (Å²) in [5.41, 5.74) is 5.49. The number of aromatic nitrogens is 2. The van der Waals surface area contributed by atoms with E-state index in [1.807, 2.05) is 6.20 Å². The maximum atomic E-state index is 5.93. The van der Waals surface area contributed by atoms with Gasteiger partial charge in [-0.15, -0.1) is 0 Å². The Kier molecular flexibility index (Phi) is 3.82. The van der Waals surface area contributed by atoms with Gasteiger partial charge in [-0.2, -0.15) is 5.10 Å². The molecule has 1 saturated heterocycles. The maximum Gasteiger partial charge on any atom is 0.150 e. The van der Waals surface area contributed by atoms with Gasteiger partial charge < -0.3 is 4.74 Å².